The molecule has 110 valence electrons. The first-order valence-electron chi connectivity index (χ1n) is 6.26. The Kier molecular flexibility index (Phi) is 21.7. The Bertz CT molecular complexity index is 187. The fourth-order valence-corrected chi connectivity index (χ4v) is 0.599. The van der Waals surface area contributed by atoms with E-state index in [2.05, 4.69) is 20.1 Å². The molecule has 0 unspecified atom stereocenters. The monoisotopic (exact) mass is 264 g/mol. The molecule has 0 atom stereocenters. The molecule has 2 N–H and O–H groups in total. The number of alkyl carbamates (subject to hydrolysis) is 2. The number of hydrogen-bond acceptors (Lipinski definition) is 4. The van der Waals surface area contributed by atoms with Gasteiger partial charge in [0.05, 0.1) is 12.7 Å². The van der Waals surface area contributed by atoms with E-state index in [4.69, 9.17) is 0 Å². The number of nitrogens with one attached hydrogen (secondary N) is 2. The molecule has 6 nitrogen and oxygen atoms in total. The first kappa shape index (κ1) is 21.8. The first-order chi connectivity index (χ1) is 8.47. The molecule has 0 aliphatic carbocycles. The van der Waals surface area contributed by atoms with Crippen molar-refractivity contribution >= 4 is 12.2 Å². The molecule has 0 aromatic rings. The third kappa shape index (κ3) is 24.0. The molecule has 0 aromatic carbocycles. The Morgan fingerprint density at radius 2 is 1.61 bits per heavy atom. The van der Waals surface area contributed by atoms with Crippen molar-refractivity contribution in [2.24, 2.45) is 0 Å². The van der Waals surface area contributed by atoms with Gasteiger partial charge in [0, 0.05) is 13.6 Å². The normalized spacial score (nSPS) is 8.00. The topological polar surface area (TPSA) is 76.7 Å². The SMILES string of the molecule is CC.CCNC(=O)OCC.CNC(=O)OC(C)C. The smallest absolute Gasteiger partial charge is 0.407 e. The van der Waals surface area contributed by atoms with E-state index in [1.165, 1.54) is 7.05 Å². The molecule has 0 saturated carbocycles. The third-order valence-corrected chi connectivity index (χ3v) is 1.14. The lowest BCUT2D eigenvalue weighted by Crippen LogP contribution is -2.23. The molecular formula is C12H28N2O4. The van der Waals surface area contributed by atoms with Crippen LogP contribution in [-0.4, -0.2) is 38.5 Å². The van der Waals surface area contributed by atoms with Crippen LogP contribution < -0.4 is 10.6 Å². The molecule has 0 rings (SSSR count). The average molecular weight is 264 g/mol. The van der Waals surface area contributed by atoms with Gasteiger partial charge in [0.15, 0.2) is 0 Å². The van der Waals surface area contributed by atoms with Crippen molar-refractivity contribution in [3.05, 3.63) is 0 Å². The van der Waals surface area contributed by atoms with Gasteiger partial charge in [-0.1, -0.05) is 13.8 Å². The van der Waals surface area contributed by atoms with E-state index in [1.54, 1.807) is 20.8 Å². The summed E-state index contributed by atoms with van der Waals surface area (Å²) in [4.78, 5) is 20.6. The number of amides is 2. The lowest BCUT2D eigenvalue weighted by atomic mass is 10.5. The van der Waals surface area contributed by atoms with Crippen molar-refractivity contribution in [1.82, 2.24) is 10.6 Å². The van der Waals surface area contributed by atoms with Gasteiger partial charge in [0.1, 0.15) is 0 Å². The van der Waals surface area contributed by atoms with Crippen LogP contribution in [0, 0.1) is 0 Å². The van der Waals surface area contributed by atoms with E-state index >= 15 is 0 Å². The molecule has 0 radical (unpaired) electrons. The zero-order valence-corrected chi connectivity index (χ0v) is 12.6. The largest absolute Gasteiger partial charge is 0.450 e. The van der Waals surface area contributed by atoms with Crippen molar-refractivity contribution in [2.75, 3.05) is 20.2 Å². The van der Waals surface area contributed by atoms with Crippen molar-refractivity contribution in [1.29, 1.82) is 0 Å². The van der Waals surface area contributed by atoms with E-state index in [1.807, 2.05) is 20.8 Å². The van der Waals surface area contributed by atoms with Crippen LogP contribution in [0.5, 0.6) is 0 Å². The average Bonchev–Trinajstić information content (AvgIpc) is 2.32. The summed E-state index contributed by atoms with van der Waals surface area (Å²) >= 11 is 0. The summed E-state index contributed by atoms with van der Waals surface area (Å²) in [5.74, 6) is 0. The minimum atomic E-state index is -0.375. The van der Waals surface area contributed by atoms with Crippen LogP contribution in [0.25, 0.3) is 0 Å². The van der Waals surface area contributed by atoms with Crippen LogP contribution in [0.3, 0.4) is 0 Å². The quantitative estimate of drug-likeness (QED) is 0.821. The predicted molar refractivity (Wildman–Crippen MR) is 72.7 cm³/mol. The minimum Gasteiger partial charge on any atom is -0.450 e. The lowest BCUT2D eigenvalue weighted by Gasteiger charge is -2.04. The molecule has 0 heterocycles. The Labute approximate surface area is 110 Å². The van der Waals surface area contributed by atoms with Crippen LogP contribution in [0.4, 0.5) is 9.59 Å². The van der Waals surface area contributed by atoms with E-state index in [0.717, 1.165) is 0 Å². The maximum atomic E-state index is 10.3. The third-order valence-electron chi connectivity index (χ3n) is 1.14. The molecule has 6 heteroatoms. The van der Waals surface area contributed by atoms with Gasteiger partial charge >= 0.3 is 12.2 Å². The minimum absolute atomic E-state index is 0.0325. The van der Waals surface area contributed by atoms with Crippen molar-refractivity contribution < 1.29 is 19.1 Å². The Morgan fingerprint density at radius 1 is 1.11 bits per heavy atom. The fourth-order valence-electron chi connectivity index (χ4n) is 0.599. The molecule has 0 aliphatic rings. The summed E-state index contributed by atoms with van der Waals surface area (Å²) in [7, 11) is 1.53. The van der Waals surface area contributed by atoms with Crippen molar-refractivity contribution in [2.45, 2.75) is 47.6 Å². The number of hydrogen-bond donors (Lipinski definition) is 2. The van der Waals surface area contributed by atoms with Crippen LogP contribution in [0.1, 0.15) is 41.5 Å². The van der Waals surface area contributed by atoms with Crippen LogP contribution in [-0.2, 0) is 9.47 Å². The summed E-state index contributed by atoms with van der Waals surface area (Å²) in [5, 5.41) is 4.82. The molecule has 0 aliphatic heterocycles. The second-order valence-corrected chi connectivity index (χ2v) is 2.95. The van der Waals surface area contributed by atoms with Crippen molar-refractivity contribution in [3.63, 3.8) is 0 Å². The van der Waals surface area contributed by atoms with Gasteiger partial charge < -0.3 is 20.1 Å². The highest BCUT2D eigenvalue weighted by Gasteiger charge is 1.98. The van der Waals surface area contributed by atoms with E-state index in [-0.39, 0.29) is 18.3 Å². The molecule has 0 fully saturated rings. The summed E-state index contributed by atoms with van der Waals surface area (Å²) in [6, 6.07) is 0. The molecule has 0 spiro atoms. The van der Waals surface area contributed by atoms with E-state index in [9.17, 15) is 9.59 Å². The molecule has 18 heavy (non-hydrogen) atoms. The lowest BCUT2D eigenvalue weighted by molar-refractivity contribution is 0.117. The first-order valence-corrected chi connectivity index (χ1v) is 6.26. The Hall–Kier alpha value is -1.46. The second-order valence-electron chi connectivity index (χ2n) is 2.95. The second kappa shape index (κ2) is 17.9. The van der Waals surface area contributed by atoms with Gasteiger partial charge in [-0.3, -0.25) is 0 Å². The number of ether oxygens (including phenoxy) is 2. The fraction of sp³-hybridized carbons (Fsp3) is 0.833. The summed E-state index contributed by atoms with van der Waals surface area (Å²) in [6.45, 7) is 12.3. The summed E-state index contributed by atoms with van der Waals surface area (Å²) in [6.07, 6.45) is -0.745. The highest BCUT2D eigenvalue weighted by atomic mass is 16.6. The maximum absolute atomic E-state index is 10.3. The Morgan fingerprint density at radius 3 is 1.83 bits per heavy atom. The summed E-state index contributed by atoms with van der Waals surface area (Å²) < 4.78 is 9.18. The number of rotatable bonds is 3. The van der Waals surface area contributed by atoms with Gasteiger partial charge in [0.25, 0.3) is 0 Å². The van der Waals surface area contributed by atoms with Gasteiger partial charge in [-0.2, -0.15) is 0 Å². The van der Waals surface area contributed by atoms with Gasteiger partial charge in [-0.05, 0) is 27.7 Å². The molecule has 0 bridgehead atoms. The van der Waals surface area contributed by atoms with Gasteiger partial charge in [-0.25, -0.2) is 9.59 Å². The zero-order chi connectivity index (χ0) is 15.0. The Balaban J connectivity index is -0.000000219. The van der Waals surface area contributed by atoms with Gasteiger partial charge in [0.2, 0.25) is 0 Å². The maximum Gasteiger partial charge on any atom is 0.407 e. The predicted octanol–water partition coefficient (Wildman–Crippen LogP) is 2.53. The van der Waals surface area contributed by atoms with Crippen LogP contribution in [0.15, 0.2) is 0 Å². The van der Waals surface area contributed by atoms with Crippen LogP contribution in [0.2, 0.25) is 0 Å². The molecule has 2 amide bonds. The molecule has 0 aromatic heterocycles. The highest BCUT2D eigenvalue weighted by Crippen LogP contribution is 1.85. The molecule has 0 saturated heterocycles. The highest BCUT2D eigenvalue weighted by molar-refractivity contribution is 5.67. The summed E-state index contributed by atoms with van der Waals surface area (Å²) in [5.41, 5.74) is 0. The zero-order valence-electron chi connectivity index (χ0n) is 12.6. The van der Waals surface area contributed by atoms with E-state index < -0.39 is 0 Å². The molecular weight excluding hydrogens is 236 g/mol. The number of carbonyl (C=O) groups excluding carboxylic acids is 2. The van der Waals surface area contributed by atoms with Crippen LogP contribution >= 0.6 is 0 Å². The van der Waals surface area contributed by atoms with E-state index in [0.29, 0.717) is 13.2 Å². The van der Waals surface area contributed by atoms with Gasteiger partial charge in [-0.15, -0.1) is 0 Å². The standard InChI is InChI=1S/2C5H11NO2.C2H6/c1-4(2)8-5(7)6-3;1-3-6-5(7)8-4-2;1-2/h4H,1-3H3,(H,6,7);3-4H2,1-2H3,(H,6,7);1-2H3. The number of carbonyl (C=O) groups is 2. The van der Waals surface area contributed by atoms with Crippen molar-refractivity contribution in [3.8, 4) is 0 Å².